The van der Waals surface area contributed by atoms with Crippen LogP contribution in [0.3, 0.4) is 0 Å². The van der Waals surface area contributed by atoms with E-state index in [9.17, 15) is 9.59 Å². The maximum Gasteiger partial charge on any atom is 0.267 e. The van der Waals surface area contributed by atoms with Gasteiger partial charge in [0.15, 0.2) is 0 Å². The Balaban J connectivity index is 1.40. The molecule has 1 aromatic heterocycles. The number of aromatic nitrogens is 1. The van der Waals surface area contributed by atoms with Gasteiger partial charge in [-0.15, -0.1) is 0 Å². The Labute approximate surface area is 165 Å². The lowest BCUT2D eigenvalue weighted by molar-refractivity contribution is -0.128. The third kappa shape index (κ3) is 4.06. The van der Waals surface area contributed by atoms with Crippen molar-refractivity contribution in [2.75, 3.05) is 6.54 Å². The Hall–Kier alpha value is -2.60. The van der Waals surface area contributed by atoms with E-state index >= 15 is 0 Å². The summed E-state index contributed by atoms with van der Waals surface area (Å²) in [5.74, 6) is 0.0848. The molecule has 0 atom stereocenters. The number of nitrogens with zero attached hydrogens (tertiary/aromatic N) is 1. The fourth-order valence-electron chi connectivity index (χ4n) is 3.43. The highest BCUT2D eigenvalue weighted by Crippen LogP contribution is 2.20. The van der Waals surface area contributed by atoms with Crippen LogP contribution in [0.2, 0.25) is 0 Å². The van der Waals surface area contributed by atoms with Crippen LogP contribution in [0, 0.1) is 0 Å². The predicted molar refractivity (Wildman–Crippen MR) is 108 cm³/mol. The molecular weight excluding hydrogens is 406 g/mol. The normalized spacial score (nSPS) is 14.1. The molecule has 2 N–H and O–H groups in total. The second-order valence-corrected chi connectivity index (χ2v) is 7.75. The number of nitrogens with one attached hydrogen (secondary N) is 2. The van der Waals surface area contributed by atoms with E-state index in [1.807, 2.05) is 53.4 Å². The summed E-state index contributed by atoms with van der Waals surface area (Å²) in [6.45, 7) is 1.91. The quantitative estimate of drug-likeness (QED) is 0.648. The number of H-pyrrole nitrogens is 1. The lowest BCUT2D eigenvalue weighted by Crippen LogP contribution is -2.24. The topological polar surface area (TPSA) is 65.2 Å². The van der Waals surface area contributed by atoms with Gasteiger partial charge in [-0.2, -0.15) is 0 Å². The van der Waals surface area contributed by atoms with Gasteiger partial charge >= 0.3 is 0 Å². The number of amides is 2. The van der Waals surface area contributed by atoms with Gasteiger partial charge in [-0.3, -0.25) is 9.59 Å². The van der Waals surface area contributed by atoms with Crippen molar-refractivity contribution in [3.63, 3.8) is 0 Å². The summed E-state index contributed by atoms with van der Waals surface area (Å²) in [7, 11) is 0. The Morgan fingerprint density at radius 2 is 2.00 bits per heavy atom. The molecule has 0 bridgehead atoms. The van der Waals surface area contributed by atoms with Crippen LogP contribution in [0.25, 0.3) is 10.9 Å². The highest BCUT2D eigenvalue weighted by Gasteiger charge is 2.20. The molecule has 1 aliphatic heterocycles. The fraction of sp³-hybridized carbons (Fsp3) is 0.238. The number of likely N-dealkylation sites (tertiary alicyclic amines) is 1. The SMILES string of the molecule is O=C(NCc1cccc(CN2CCCC2=O)c1)c1cc2cc(Br)ccc2[nH]1. The first-order valence-electron chi connectivity index (χ1n) is 9.00. The summed E-state index contributed by atoms with van der Waals surface area (Å²) in [5.41, 5.74) is 3.58. The van der Waals surface area contributed by atoms with Crippen molar-refractivity contribution in [2.24, 2.45) is 0 Å². The van der Waals surface area contributed by atoms with Crippen LogP contribution in [-0.4, -0.2) is 28.2 Å². The number of carbonyl (C=O) groups is 2. The van der Waals surface area contributed by atoms with Crippen LogP contribution in [0.4, 0.5) is 0 Å². The number of benzene rings is 2. The van der Waals surface area contributed by atoms with Gasteiger partial charge in [0, 0.05) is 41.4 Å². The largest absolute Gasteiger partial charge is 0.351 e. The second kappa shape index (κ2) is 7.56. The van der Waals surface area contributed by atoms with Crippen LogP contribution in [0.1, 0.15) is 34.5 Å². The standard InChI is InChI=1S/C21H20BrN3O2/c22-17-6-7-18-16(10-17)11-19(24-18)21(27)23-12-14-3-1-4-15(9-14)13-25-8-2-5-20(25)26/h1,3-4,6-7,9-11,24H,2,5,8,12-13H2,(H,23,27). The van der Waals surface area contributed by atoms with Crippen LogP contribution in [-0.2, 0) is 17.9 Å². The van der Waals surface area contributed by atoms with Crippen molar-refractivity contribution in [3.8, 4) is 0 Å². The third-order valence-corrected chi connectivity index (χ3v) is 5.31. The molecular formula is C21H20BrN3O2. The predicted octanol–water partition coefficient (Wildman–Crippen LogP) is 3.98. The highest BCUT2D eigenvalue weighted by molar-refractivity contribution is 9.10. The lowest BCUT2D eigenvalue weighted by Gasteiger charge is -2.16. The van der Waals surface area contributed by atoms with E-state index in [4.69, 9.17) is 0 Å². The van der Waals surface area contributed by atoms with Crippen LogP contribution in [0.15, 0.2) is 53.0 Å². The highest BCUT2D eigenvalue weighted by atomic mass is 79.9. The average molecular weight is 426 g/mol. The molecule has 2 amide bonds. The van der Waals surface area contributed by atoms with E-state index in [0.29, 0.717) is 25.2 Å². The van der Waals surface area contributed by atoms with Crippen molar-refractivity contribution in [3.05, 3.63) is 69.8 Å². The van der Waals surface area contributed by atoms with Crippen molar-refractivity contribution < 1.29 is 9.59 Å². The van der Waals surface area contributed by atoms with Gasteiger partial charge in [0.05, 0.1) is 0 Å². The maximum absolute atomic E-state index is 12.5. The molecule has 3 aromatic rings. The zero-order valence-electron chi connectivity index (χ0n) is 14.8. The Morgan fingerprint density at radius 1 is 1.15 bits per heavy atom. The van der Waals surface area contributed by atoms with E-state index in [0.717, 1.165) is 39.5 Å². The first-order valence-corrected chi connectivity index (χ1v) is 9.80. The van der Waals surface area contributed by atoms with Crippen LogP contribution >= 0.6 is 15.9 Å². The molecule has 0 aliphatic carbocycles. The number of hydrogen-bond donors (Lipinski definition) is 2. The summed E-state index contributed by atoms with van der Waals surface area (Å²) in [4.78, 5) is 29.3. The summed E-state index contributed by atoms with van der Waals surface area (Å²) in [6.07, 6.45) is 1.59. The zero-order valence-corrected chi connectivity index (χ0v) is 16.4. The molecule has 5 nitrogen and oxygen atoms in total. The van der Waals surface area contributed by atoms with Gasteiger partial charge in [0.2, 0.25) is 5.91 Å². The van der Waals surface area contributed by atoms with Crippen molar-refractivity contribution in [1.29, 1.82) is 0 Å². The van der Waals surface area contributed by atoms with Crippen molar-refractivity contribution >= 4 is 38.6 Å². The smallest absolute Gasteiger partial charge is 0.267 e. The van der Waals surface area contributed by atoms with Gasteiger partial charge in [-0.25, -0.2) is 0 Å². The molecule has 138 valence electrons. The van der Waals surface area contributed by atoms with Crippen LogP contribution in [0.5, 0.6) is 0 Å². The second-order valence-electron chi connectivity index (χ2n) is 6.84. The number of aromatic amines is 1. The number of carbonyl (C=O) groups excluding carboxylic acids is 2. The Bertz CT molecular complexity index is 1010. The van der Waals surface area contributed by atoms with E-state index in [1.54, 1.807) is 0 Å². The fourth-order valence-corrected chi connectivity index (χ4v) is 3.81. The molecule has 1 aliphatic rings. The van der Waals surface area contributed by atoms with Gasteiger partial charge < -0.3 is 15.2 Å². The first kappa shape index (κ1) is 17.8. The van der Waals surface area contributed by atoms with E-state index in [-0.39, 0.29) is 11.8 Å². The first-order chi connectivity index (χ1) is 13.1. The summed E-state index contributed by atoms with van der Waals surface area (Å²) in [6, 6.07) is 15.7. The van der Waals surface area contributed by atoms with Gasteiger partial charge in [0.25, 0.3) is 5.91 Å². The Kier molecular flexibility index (Phi) is 4.99. The molecule has 0 spiro atoms. The van der Waals surface area contributed by atoms with Gasteiger partial charge in [-0.1, -0.05) is 40.2 Å². The van der Waals surface area contributed by atoms with Gasteiger partial charge in [-0.05, 0) is 41.8 Å². The third-order valence-electron chi connectivity index (χ3n) is 4.82. The molecule has 4 rings (SSSR count). The van der Waals surface area contributed by atoms with Gasteiger partial charge in [0.1, 0.15) is 5.69 Å². The Morgan fingerprint density at radius 3 is 2.81 bits per heavy atom. The van der Waals surface area contributed by atoms with E-state index < -0.39 is 0 Å². The summed E-state index contributed by atoms with van der Waals surface area (Å²) in [5, 5.41) is 3.95. The lowest BCUT2D eigenvalue weighted by atomic mass is 10.1. The molecule has 1 fully saturated rings. The number of rotatable bonds is 5. The molecule has 0 unspecified atom stereocenters. The van der Waals surface area contributed by atoms with Crippen molar-refractivity contribution in [2.45, 2.75) is 25.9 Å². The molecule has 2 heterocycles. The molecule has 2 aromatic carbocycles. The minimum atomic E-state index is -0.137. The summed E-state index contributed by atoms with van der Waals surface area (Å²) >= 11 is 3.44. The minimum absolute atomic E-state index is 0.137. The summed E-state index contributed by atoms with van der Waals surface area (Å²) < 4.78 is 0.981. The molecule has 0 radical (unpaired) electrons. The van der Waals surface area contributed by atoms with Crippen molar-refractivity contribution in [1.82, 2.24) is 15.2 Å². The number of hydrogen-bond acceptors (Lipinski definition) is 2. The molecule has 27 heavy (non-hydrogen) atoms. The maximum atomic E-state index is 12.5. The van der Waals surface area contributed by atoms with Crippen LogP contribution < -0.4 is 5.32 Å². The molecule has 0 saturated carbocycles. The molecule has 6 heteroatoms. The van der Waals surface area contributed by atoms with E-state index in [1.165, 1.54) is 0 Å². The number of fused-ring (bicyclic) bond motifs is 1. The zero-order chi connectivity index (χ0) is 18.8. The molecule has 1 saturated heterocycles. The van der Waals surface area contributed by atoms with E-state index in [2.05, 4.69) is 26.2 Å². The monoisotopic (exact) mass is 425 g/mol. The average Bonchev–Trinajstić information content (AvgIpc) is 3.26. The number of halogens is 1. The minimum Gasteiger partial charge on any atom is -0.351 e.